The Morgan fingerprint density at radius 3 is 2.61 bits per heavy atom. The molecule has 0 fully saturated rings. The SMILES string of the molecule is C=CCNC(C)(C(=O)OCC)c1ccc(O)cc1. The first-order valence-electron chi connectivity index (χ1n) is 5.87. The number of esters is 1. The summed E-state index contributed by atoms with van der Waals surface area (Å²) in [6.07, 6.45) is 1.68. The van der Waals surface area contributed by atoms with Crippen molar-refractivity contribution in [3.8, 4) is 5.75 Å². The average molecular weight is 249 g/mol. The van der Waals surface area contributed by atoms with Crippen LogP contribution in [-0.2, 0) is 15.1 Å². The number of hydrogen-bond acceptors (Lipinski definition) is 4. The molecular weight excluding hydrogens is 230 g/mol. The van der Waals surface area contributed by atoms with Crippen molar-refractivity contribution in [3.63, 3.8) is 0 Å². The Hall–Kier alpha value is -1.81. The second-order valence-electron chi connectivity index (χ2n) is 4.06. The van der Waals surface area contributed by atoms with Gasteiger partial charge in [-0.2, -0.15) is 0 Å². The van der Waals surface area contributed by atoms with Gasteiger partial charge in [-0.1, -0.05) is 18.2 Å². The van der Waals surface area contributed by atoms with Crippen LogP contribution in [0.15, 0.2) is 36.9 Å². The predicted molar refractivity (Wildman–Crippen MR) is 70.3 cm³/mol. The van der Waals surface area contributed by atoms with E-state index in [0.29, 0.717) is 13.2 Å². The fourth-order valence-electron chi connectivity index (χ4n) is 1.64. The van der Waals surface area contributed by atoms with Gasteiger partial charge in [0.05, 0.1) is 6.61 Å². The number of ether oxygens (including phenoxy) is 1. The Labute approximate surface area is 107 Å². The van der Waals surface area contributed by atoms with E-state index < -0.39 is 5.54 Å². The molecule has 0 saturated carbocycles. The average Bonchev–Trinajstić information content (AvgIpc) is 2.37. The lowest BCUT2D eigenvalue weighted by Crippen LogP contribution is -2.47. The van der Waals surface area contributed by atoms with Gasteiger partial charge in [0.2, 0.25) is 0 Å². The van der Waals surface area contributed by atoms with Crippen molar-refractivity contribution in [2.24, 2.45) is 0 Å². The van der Waals surface area contributed by atoms with E-state index in [0.717, 1.165) is 5.56 Å². The van der Waals surface area contributed by atoms with Gasteiger partial charge in [-0.25, -0.2) is 4.79 Å². The van der Waals surface area contributed by atoms with Crippen molar-refractivity contribution >= 4 is 5.97 Å². The number of rotatable bonds is 6. The Bertz CT molecular complexity index is 414. The molecule has 1 rings (SSSR count). The quantitative estimate of drug-likeness (QED) is 0.597. The van der Waals surface area contributed by atoms with E-state index in [-0.39, 0.29) is 11.7 Å². The van der Waals surface area contributed by atoms with E-state index >= 15 is 0 Å². The summed E-state index contributed by atoms with van der Waals surface area (Å²) < 4.78 is 5.09. The van der Waals surface area contributed by atoms with Gasteiger partial charge in [0.25, 0.3) is 0 Å². The van der Waals surface area contributed by atoms with Gasteiger partial charge in [0, 0.05) is 6.54 Å². The highest BCUT2D eigenvalue weighted by molar-refractivity contribution is 5.82. The number of carbonyl (C=O) groups is 1. The van der Waals surface area contributed by atoms with Crippen LogP contribution >= 0.6 is 0 Å². The molecule has 1 aromatic rings. The van der Waals surface area contributed by atoms with E-state index in [9.17, 15) is 9.90 Å². The minimum Gasteiger partial charge on any atom is -0.508 e. The molecule has 0 aromatic heterocycles. The molecule has 0 amide bonds. The molecule has 0 aliphatic rings. The summed E-state index contributed by atoms with van der Waals surface area (Å²) in [5, 5.41) is 12.4. The van der Waals surface area contributed by atoms with Crippen molar-refractivity contribution in [2.75, 3.05) is 13.2 Å². The lowest BCUT2D eigenvalue weighted by molar-refractivity contribution is -0.150. The van der Waals surface area contributed by atoms with Crippen LogP contribution in [-0.4, -0.2) is 24.2 Å². The van der Waals surface area contributed by atoms with Crippen LogP contribution in [0.1, 0.15) is 19.4 Å². The lowest BCUT2D eigenvalue weighted by atomic mass is 9.92. The zero-order valence-electron chi connectivity index (χ0n) is 10.8. The molecular formula is C14H19NO3. The van der Waals surface area contributed by atoms with E-state index in [1.54, 1.807) is 44.2 Å². The maximum absolute atomic E-state index is 12.1. The highest BCUT2D eigenvalue weighted by atomic mass is 16.5. The van der Waals surface area contributed by atoms with Crippen molar-refractivity contribution in [1.82, 2.24) is 5.32 Å². The lowest BCUT2D eigenvalue weighted by Gasteiger charge is -2.28. The first kappa shape index (κ1) is 14.3. The molecule has 0 heterocycles. The number of aromatic hydroxyl groups is 1. The number of phenolic OH excluding ortho intramolecular Hbond substituents is 1. The molecule has 0 radical (unpaired) electrons. The first-order valence-corrected chi connectivity index (χ1v) is 5.87. The van der Waals surface area contributed by atoms with Crippen LogP contribution in [0.2, 0.25) is 0 Å². The third-order valence-electron chi connectivity index (χ3n) is 2.73. The summed E-state index contributed by atoms with van der Waals surface area (Å²) in [5.74, 6) is -0.189. The Morgan fingerprint density at radius 1 is 1.50 bits per heavy atom. The topological polar surface area (TPSA) is 58.6 Å². The molecule has 1 aromatic carbocycles. The summed E-state index contributed by atoms with van der Waals surface area (Å²) in [6.45, 7) is 7.94. The fraction of sp³-hybridized carbons (Fsp3) is 0.357. The maximum atomic E-state index is 12.1. The van der Waals surface area contributed by atoms with Crippen molar-refractivity contribution in [3.05, 3.63) is 42.5 Å². The Morgan fingerprint density at radius 2 is 2.11 bits per heavy atom. The van der Waals surface area contributed by atoms with Crippen molar-refractivity contribution < 1.29 is 14.6 Å². The molecule has 0 spiro atoms. The second kappa shape index (κ2) is 6.21. The molecule has 2 N–H and O–H groups in total. The van der Waals surface area contributed by atoms with Gasteiger partial charge < -0.3 is 9.84 Å². The number of phenols is 1. The van der Waals surface area contributed by atoms with Gasteiger partial charge in [0.1, 0.15) is 11.3 Å². The molecule has 4 heteroatoms. The van der Waals surface area contributed by atoms with Gasteiger partial charge in [-0.3, -0.25) is 5.32 Å². The smallest absolute Gasteiger partial charge is 0.330 e. The largest absolute Gasteiger partial charge is 0.508 e. The summed E-state index contributed by atoms with van der Waals surface area (Å²) in [4.78, 5) is 12.1. The van der Waals surface area contributed by atoms with E-state index in [1.165, 1.54) is 0 Å². The van der Waals surface area contributed by atoms with Crippen molar-refractivity contribution in [1.29, 1.82) is 0 Å². The highest BCUT2D eigenvalue weighted by Crippen LogP contribution is 2.24. The molecule has 4 nitrogen and oxygen atoms in total. The van der Waals surface area contributed by atoms with Gasteiger partial charge >= 0.3 is 5.97 Å². The predicted octanol–water partition coefficient (Wildman–Crippen LogP) is 1.95. The minimum absolute atomic E-state index is 0.161. The third kappa shape index (κ3) is 3.11. The summed E-state index contributed by atoms with van der Waals surface area (Å²) in [7, 11) is 0. The molecule has 18 heavy (non-hydrogen) atoms. The zero-order valence-corrected chi connectivity index (χ0v) is 10.8. The second-order valence-corrected chi connectivity index (χ2v) is 4.06. The zero-order chi connectivity index (χ0) is 13.6. The van der Waals surface area contributed by atoms with E-state index in [4.69, 9.17) is 4.74 Å². The highest BCUT2D eigenvalue weighted by Gasteiger charge is 2.35. The molecule has 1 atom stereocenters. The van der Waals surface area contributed by atoms with Crippen LogP contribution in [0.4, 0.5) is 0 Å². The van der Waals surface area contributed by atoms with Gasteiger partial charge in [-0.05, 0) is 31.5 Å². The minimum atomic E-state index is -0.947. The number of benzene rings is 1. The standard InChI is InChI=1S/C14H19NO3/c1-4-10-15-14(3,13(17)18-5-2)11-6-8-12(16)9-7-11/h4,6-9,15-16H,1,5,10H2,2-3H3. The van der Waals surface area contributed by atoms with Gasteiger partial charge in [0.15, 0.2) is 0 Å². The van der Waals surface area contributed by atoms with Crippen LogP contribution in [0, 0.1) is 0 Å². The maximum Gasteiger partial charge on any atom is 0.330 e. The van der Waals surface area contributed by atoms with Crippen LogP contribution in [0.3, 0.4) is 0 Å². The summed E-state index contributed by atoms with van der Waals surface area (Å²) >= 11 is 0. The summed E-state index contributed by atoms with van der Waals surface area (Å²) in [5.41, 5.74) is -0.210. The molecule has 1 unspecified atom stereocenters. The molecule has 0 aliphatic carbocycles. The third-order valence-corrected chi connectivity index (χ3v) is 2.73. The number of nitrogens with one attached hydrogen (secondary N) is 1. The molecule has 0 saturated heterocycles. The first-order chi connectivity index (χ1) is 8.54. The van der Waals surface area contributed by atoms with E-state index in [2.05, 4.69) is 11.9 Å². The summed E-state index contributed by atoms with van der Waals surface area (Å²) in [6, 6.07) is 6.48. The van der Waals surface area contributed by atoms with Crippen LogP contribution in [0.5, 0.6) is 5.75 Å². The van der Waals surface area contributed by atoms with Gasteiger partial charge in [-0.15, -0.1) is 6.58 Å². The number of hydrogen-bond donors (Lipinski definition) is 2. The monoisotopic (exact) mass is 249 g/mol. The van der Waals surface area contributed by atoms with E-state index in [1.807, 2.05) is 0 Å². The van der Waals surface area contributed by atoms with Crippen LogP contribution < -0.4 is 5.32 Å². The normalized spacial score (nSPS) is 13.7. The molecule has 0 bridgehead atoms. The molecule has 0 aliphatic heterocycles. The van der Waals surface area contributed by atoms with Crippen molar-refractivity contribution in [2.45, 2.75) is 19.4 Å². The molecule has 98 valence electrons. The fourth-order valence-corrected chi connectivity index (χ4v) is 1.64. The Kier molecular flexibility index (Phi) is 4.92. The van der Waals surface area contributed by atoms with Crippen LogP contribution in [0.25, 0.3) is 0 Å². The number of carbonyl (C=O) groups excluding carboxylic acids is 1. The Balaban J connectivity index is 3.06.